The van der Waals surface area contributed by atoms with Gasteiger partial charge in [-0.3, -0.25) is 4.79 Å². The molecule has 2 heterocycles. The molecule has 0 saturated carbocycles. The van der Waals surface area contributed by atoms with E-state index in [1.54, 1.807) is 36.4 Å². The highest BCUT2D eigenvalue weighted by Crippen LogP contribution is 2.27. The number of carbonyl (C=O) groups excluding carboxylic acids is 2. The first-order chi connectivity index (χ1) is 17.6. The molecule has 1 fully saturated rings. The lowest BCUT2D eigenvalue weighted by atomic mass is 10.0. The van der Waals surface area contributed by atoms with Crippen LogP contribution in [-0.4, -0.2) is 47.4 Å². The Hall–Kier alpha value is -3.90. The van der Waals surface area contributed by atoms with Crippen LogP contribution in [0, 0.1) is 6.92 Å². The third kappa shape index (κ3) is 5.50. The van der Waals surface area contributed by atoms with E-state index >= 15 is 0 Å². The van der Waals surface area contributed by atoms with Crippen LogP contribution in [0.4, 0.5) is 0 Å². The van der Waals surface area contributed by atoms with Crippen molar-refractivity contribution < 1.29 is 14.3 Å². The molecule has 1 aliphatic heterocycles. The average molecular weight is 482 g/mol. The van der Waals surface area contributed by atoms with Gasteiger partial charge in [0.25, 0.3) is 5.91 Å². The first-order valence-electron chi connectivity index (χ1n) is 12.5. The maximum atomic E-state index is 13.3. The number of ether oxygens (including phenoxy) is 1. The molecule has 1 amide bonds. The number of carbonyl (C=O) groups is 2. The Morgan fingerprint density at radius 2 is 1.67 bits per heavy atom. The standard InChI is InChI=1S/C30H31N3O3/c1-21-28(26-20-25(12-13-27(26)31-21)36-30(35)23-10-6-3-7-11-23)29(34)32-24-15-18-33(19-16-24)17-14-22-8-4-2-5-9-22/h2-13,20,24,31H,14-19H2,1H3,(H,32,34). The van der Waals surface area contributed by atoms with Crippen molar-refractivity contribution in [3.05, 3.63) is 101 Å². The molecule has 6 nitrogen and oxygen atoms in total. The summed E-state index contributed by atoms with van der Waals surface area (Å²) in [5.41, 5.74) is 4.09. The Kier molecular flexibility index (Phi) is 7.14. The molecule has 3 aromatic carbocycles. The van der Waals surface area contributed by atoms with E-state index in [4.69, 9.17) is 4.74 Å². The highest BCUT2D eigenvalue weighted by atomic mass is 16.5. The summed E-state index contributed by atoms with van der Waals surface area (Å²) in [7, 11) is 0. The maximum absolute atomic E-state index is 13.3. The van der Waals surface area contributed by atoms with E-state index in [-0.39, 0.29) is 11.9 Å². The Balaban J connectivity index is 1.21. The third-order valence-corrected chi connectivity index (χ3v) is 6.89. The Morgan fingerprint density at radius 1 is 0.972 bits per heavy atom. The number of aryl methyl sites for hydroxylation is 1. The van der Waals surface area contributed by atoms with Crippen LogP contribution in [-0.2, 0) is 6.42 Å². The largest absolute Gasteiger partial charge is 0.423 e. The number of likely N-dealkylation sites (tertiary alicyclic amines) is 1. The molecule has 2 N–H and O–H groups in total. The molecule has 0 atom stereocenters. The molecule has 0 spiro atoms. The van der Waals surface area contributed by atoms with Crippen LogP contribution in [0.25, 0.3) is 10.9 Å². The van der Waals surface area contributed by atoms with Crippen molar-refractivity contribution in [2.24, 2.45) is 0 Å². The fraction of sp³-hybridized carbons (Fsp3) is 0.267. The normalized spacial score (nSPS) is 14.6. The zero-order chi connectivity index (χ0) is 24.9. The van der Waals surface area contributed by atoms with Crippen LogP contribution < -0.4 is 10.1 Å². The number of piperidine rings is 1. The molecule has 1 aromatic heterocycles. The van der Waals surface area contributed by atoms with Gasteiger partial charge in [-0.1, -0.05) is 48.5 Å². The van der Waals surface area contributed by atoms with Crippen LogP contribution in [0.2, 0.25) is 0 Å². The van der Waals surface area contributed by atoms with Gasteiger partial charge in [0.1, 0.15) is 5.75 Å². The van der Waals surface area contributed by atoms with Gasteiger partial charge >= 0.3 is 5.97 Å². The number of hydrogen-bond acceptors (Lipinski definition) is 4. The average Bonchev–Trinajstić information content (AvgIpc) is 3.24. The molecule has 0 bridgehead atoms. The molecule has 1 aliphatic rings. The Morgan fingerprint density at radius 3 is 2.39 bits per heavy atom. The van der Waals surface area contributed by atoms with E-state index < -0.39 is 5.97 Å². The molecule has 36 heavy (non-hydrogen) atoms. The lowest BCUT2D eigenvalue weighted by Gasteiger charge is -2.32. The monoisotopic (exact) mass is 481 g/mol. The predicted molar refractivity (Wildman–Crippen MR) is 142 cm³/mol. The second-order valence-corrected chi connectivity index (χ2v) is 9.41. The topological polar surface area (TPSA) is 74.4 Å². The molecule has 4 aromatic rings. The van der Waals surface area contributed by atoms with Crippen molar-refractivity contribution in [2.75, 3.05) is 19.6 Å². The molecule has 1 saturated heterocycles. The van der Waals surface area contributed by atoms with Gasteiger partial charge in [-0.05, 0) is 62.1 Å². The van der Waals surface area contributed by atoms with Crippen molar-refractivity contribution in [2.45, 2.75) is 32.2 Å². The minimum atomic E-state index is -0.424. The summed E-state index contributed by atoms with van der Waals surface area (Å²) < 4.78 is 5.58. The summed E-state index contributed by atoms with van der Waals surface area (Å²) in [6.07, 6.45) is 2.91. The van der Waals surface area contributed by atoms with E-state index in [0.29, 0.717) is 16.9 Å². The lowest BCUT2D eigenvalue weighted by molar-refractivity contribution is 0.0734. The second kappa shape index (κ2) is 10.8. The zero-order valence-electron chi connectivity index (χ0n) is 20.5. The minimum absolute atomic E-state index is 0.0898. The molecule has 0 radical (unpaired) electrons. The highest BCUT2D eigenvalue weighted by Gasteiger charge is 2.24. The quantitative estimate of drug-likeness (QED) is 0.283. The van der Waals surface area contributed by atoms with Gasteiger partial charge in [0.15, 0.2) is 0 Å². The van der Waals surface area contributed by atoms with Gasteiger partial charge in [0.05, 0.1) is 11.1 Å². The second-order valence-electron chi connectivity index (χ2n) is 9.41. The van der Waals surface area contributed by atoms with Gasteiger partial charge in [-0.2, -0.15) is 0 Å². The van der Waals surface area contributed by atoms with Crippen LogP contribution in [0.5, 0.6) is 5.75 Å². The van der Waals surface area contributed by atoms with Crippen LogP contribution in [0.1, 0.15) is 44.8 Å². The Labute approximate surface area is 211 Å². The third-order valence-electron chi connectivity index (χ3n) is 6.89. The van der Waals surface area contributed by atoms with Gasteiger partial charge in [-0.15, -0.1) is 0 Å². The van der Waals surface area contributed by atoms with Crippen molar-refractivity contribution in [1.29, 1.82) is 0 Å². The van der Waals surface area contributed by atoms with Crippen molar-refractivity contribution >= 4 is 22.8 Å². The van der Waals surface area contributed by atoms with Gasteiger partial charge < -0.3 is 19.9 Å². The summed E-state index contributed by atoms with van der Waals surface area (Å²) in [6, 6.07) is 24.9. The summed E-state index contributed by atoms with van der Waals surface area (Å²) >= 11 is 0. The fourth-order valence-corrected chi connectivity index (χ4v) is 4.89. The molecule has 6 heteroatoms. The van der Waals surface area contributed by atoms with E-state index in [1.165, 1.54) is 5.56 Å². The molecule has 0 aliphatic carbocycles. The number of H-pyrrole nitrogens is 1. The smallest absolute Gasteiger partial charge is 0.343 e. The number of nitrogens with one attached hydrogen (secondary N) is 2. The van der Waals surface area contributed by atoms with Crippen LogP contribution in [0.15, 0.2) is 78.9 Å². The van der Waals surface area contributed by atoms with E-state index in [1.807, 2.05) is 25.1 Å². The predicted octanol–water partition coefficient (Wildman–Crippen LogP) is 5.13. The number of fused-ring (bicyclic) bond motifs is 1. The summed E-state index contributed by atoms with van der Waals surface area (Å²) in [6.45, 7) is 4.89. The molecular formula is C30H31N3O3. The van der Waals surface area contributed by atoms with Crippen molar-refractivity contribution in [1.82, 2.24) is 15.2 Å². The first kappa shape index (κ1) is 23.8. The number of rotatable bonds is 7. The number of hydrogen-bond donors (Lipinski definition) is 2. The summed E-state index contributed by atoms with van der Waals surface area (Å²) in [4.78, 5) is 31.5. The number of benzene rings is 3. The van der Waals surface area contributed by atoms with Gasteiger partial charge in [-0.25, -0.2) is 4.79 Å². The summed E-state index contributed by atoms with van der Waals surface area (Å²) in [5, 5.41) is 3.99. The highest BCUT2D eigenvalue weighted by molar-refractivity contribution is 6.08. The zero-order valence-corrected chi connectivity index (χ0v) is 20.5. The van der Waals surface area contributed by atoms with E-state index in [9.17, 15) is 9.59 Å². The maximum Gasteiger partial charge on any atom is 0.343 e. The van der Waals surface area contributed by atoms with E-state index in [2.05, 4.69) is 39.5 Å². The molecule has 5 rings (SSSR count). The minimum Gasteiger partial charge on any atom is -0.423 e. The molecular weight excluding hydrogens is 450 g/mol. The molecule has 184 valence electrons. The summed E-state index contributed by atoms with van der Waals surface area (Å²) in [5.74, 6) is -0.101. The van der Waals surface area contributed by atoms with Crippen LogP contribution >= 0.6 is 0 Å². The van der Waals surface area contributed by atoms with Gasteiger partial charge in [0, 0.05) is 42.3 Å². The SMILES string of the molecule is Cc1[nH]c2ccc(OC(=O)c3ccccc3)cc2c1C(=O)NC1CCN(CCc2ccccc2)CC1. The number of amides is 1. The lowest BCUT2D eigenvalue weighted by Crippen LogP contribution is -2.45. The number of aromatic amines is 1. The Bertz CT molecular complexity index is 1340. The number of nitrogens with zero attached hydrogens (tertiary/aromatic N) is 1. The van der Waals surface area contributed by atoms with E-state index in [0.717, 1.165) is 55.5 Å². The van der Waals surface area contributed by atoms with Crippen LogP contribution in [0.3, 0.4) is 0 Å². The number of aromatic nitrogens is 1. The van der Waals surface area contributed by atoms with Crippen molar-refractivity contribution in [3.8, 4) is 5.75 Å². The number of esters is 1. The molecule has 0 unspecified atom stereocenters. The van der Waals surface area contributed by atoms with Gasteiger partial charge in [0.2, 0.25) is 0 Å². The fourth-order valence-electron chi connectivity index (χ4n) is 4.89. The van der Waals surface area contributed by atoms with Crippen molar-refractivity contribution in [3.63, 3.8) is 0 Å². The first-order valence-corrected chi connectivity index (χ1v) is 12.5.